The van der Waals surface area contributed by atoms with Crippen molar-refractivity contribution in [3.63, 3.8) is 0 Å². The second-order valence-corrected chi connectivity index (χ2v) is 7.70. The Balaban J connectivity index is 1.37. The summed E-state index contributed by atoms with van der Waals surface area (Å²) in [5, 5.41) is 1.08. The number of likely N-dealkylation sites (tertiary alicyclic amines) is 1. The van der Waals surface area contributed by atoms with Crippen molar-refractivity contribution >= 4 is 33.4 Å². The van der Waals surface area contributed by atoms with Crippen molar-refractivity contribution in [2.75, 3.05) is 19.7 Å². The average Bonchev–Trinajstić information content (AvgIpc) is 3.17. The number of fused-ring (bicyclic) bond motifs is 1. The van der Waals surface area contributed by atoms with Crippen molar-refractivity contribution in [3.8, 4) is 0 Å². The highest BCUT2D eigenvalue weighted by molar-refractivity contribution is 7.18. The van der Waals surface area contributed by atoms with Gasteiger partial charge in [-0.25, -0.2) is 9.78 Å². The summed E-state index contributed by atoms with van der Waals surface area (Å²) < 4.78 is 6.36. The molecule has 1 aromatic heterocycles. The Morgan fingerprint density at radius 3 is 2.70 bits per heavy atom. The predicted octanol–water partition coefficient (Wildman–Crippen LogP) is 3.86. The van der Waals surface area contributed by atoms with Gasteiger partial charge in [0.25, 0.3) is 5.91 Å². The maximum absolute atomic E-state index is 12.5. The normalized spacial score (nSPS) is 17.0. The van der Waals surface area contributed by atoms with Gasteiger partial charge in [0.1, 0.15) is 0 Å². The van der Waals surface area contributed by atoms with E-state index in [1.807, 2.05) is 24.3 Å². The molecule has 1 atom stereocenters. The van der Waals surface area contributed by atoms with Crippen molar-refractivity contribution in [2.45, 2.75) is 18.8 Å². The van der Waals surface area contributed by atoms with E-state index in [1.54, 1.807) is 40.5 Å². The zero-order chi connectivity index (χ0) is 18.6. The van der Waals surface area contributed by atoms with Gasteiger partial charge in [-0.3, -0.25) is 4.79 Å². The zero-order valence-corrected chi connectivity index (χ0v) is 15.7. The first-order valence-corrected chi connectivity index (χ1v) is 9.88. The summed E-state index contributed by atoms with van der Waals surface area (Å²) in [7, 11) is 0. The van der Waals surface area contributed by atoms with Crippen molar-refractivity contribution in [1.29, 1.82) is 0 Å². The minimum atomic E-state index is -0.469. The predicted molar refractivity (Wildman–Crippen MR) is 105 cm³/mol. The van der Waals surface area contributed by atoms with Gasteiger partial charge < -0.3 is 9.64 Å². The van der Waals surface area contributed by atoms with E-state index in [0.29, 0.717) is 18.7 Å². The van der Waals surface area contributed by atoms with E-state index in [0.717, 1.165) is 23.4 Å². The molecular formula is C21H20N2O3S. The molecule has 2 heterocycles. The molecule has 6 heteroatoms. The molecule has 0 spiro atoms. The monoisotopic (exact) mass is 380 g/mol. The lowest BCUT2D eigenvalue weighted by atomic mass is 9.99. The number of rotatable bonds is 4. The zero-order valence-electron chi connectivity index (χ0n) is 14.8. The molecule has 1 saturated heterocycles. The van der Waals surface area contributed by atoms with E-state index < -0.39 is 5.97 Å². The van der Waals surface area contributed by atoms with Crippen LogP contribution in [-0.4, -0.2) is 41.5 Å². The van der Waals surface area contributed by atoms with Gasteiger partial charge in [0.2, 0.25) is 0 Å². The number of amides is 1. The van der Waals surface area contributed by atoms with Crippen LogP contribution in [0.25, 0.3) is 10.2 Å². The smallest absolute Gasteiger partial charge is 0.338 e. The molecular weight excluding hydrogens is 360 g/mol. The molecule has 1 aliphatic rings. The van der Waals surface area contributed by atoms with Crippen molar-refractivity contribution < 1.29 is 14.3 Å². The highest BCUT2D eigenvalue weighted by Gasteiger charge is 2.27. The number of nitrogens with zero attached hydrogens (tertiary/aromatic N) is 2. The quantitative estimate of drug-likeness (QED) is 0.645. The number of carbonyl (C=O) groups is 2. The van der Waals surface area contributed by atoms with E-state index in [4.69, 9.17) is 9.72 Å². The fourth-order valence-electron chi connectivity index (χ4n) is 3.35. The first-order valence-electron chi connectivity index (χ1n) is 9.06. The molecule has 0 N–H and O–H groups in total. The Labute approximate surface area is 161 Å². The molecule has 0 radical (unpaired) electrons. The third kappa shape index (κ3) is 4.01. The number of para-hydroxylation sites is 1. The average molecular weight is 380 g/mol. The fraction of sp³-hybridized carbons (Fsp3) is 0.286. The largest absolute Gasteiger partial charge is 0.452 e. The third-order valence-electron chi connectivity index (χ3n) is 4.77. The molecule has 0 unspecified atom stereocenters. The highest BCUT2D eigenvalue weighted by atomic mass is 32.1. The number of ether oxygens (including phenoxy) is 1. The van der Waals surface area contributed by atoms with Gasteiger partial charge in [-0.1, -0.05) is 30.3 Å². The lowest BCUT2D eigenvalue weighted by Gasteiger charge is -2.31. The van der Waals surface area contributed by atoms with Crippen LogP contribution in [0.3, 0.4) is 0 Å². The van der Waals surface area contributed by atoms with E-state index >= 15 is 0 Å². The molecule has 138 valence electrons. The molecule has 27 heavy (non-hydrogen) atoms. The number of benzene rings is 2. The van der Waals surface area contributed by atoms with Crippen LogP contribution in [0, 0.1) is 0 Å². The number of hydrogen-bond acceptors (Lipinski definition) is 5. The maximum atomic E-state index is 12.5. The molecule has 1 aliphatic heterocycles. The van der Waals surface area contributed by atoms with E-state index in [2.05, 4.69) is 6.07 Å². The minimum Gasteiger partial charge on any atom is -0.452 e. The summed E-state index contributed by atoms with van der Waals surface area (Å²) in [5.41, 5.74) is 1.47. The topological polar surface area (TPSA) is 59.5 Å². The first-order chi connectivity index (χ1) is 13.2. The summed E-state index contributed by atoms with van der Waals surface area (Å²) >= 11 is 1.70. The standard InChI is InChI=1S/C21H20N2O3S/c24-19(14-26-21(25)15-7-2-1-3-8-15)23-12-6-9-16(13-23)20-22-17-10-4-5-11-18(17)27-20/h1-5,7-8,10-11,16H,6,9,12-14H2/t16-/m1/s1. The minimum absolute atomic E-state index is 0.148. The Bertz CT molecular complexity index is 921. The first kappa shape index (κ1) is 17.7. The van der Waals surface area contributed by atoms with Gasteiger partial charge in [-0.05, 0) is 37.1 Å². The molecule has 0 bridgehead atoms. The molecule has 0 saturated carbocycles. The fourth-order valence-corrected chi connectivity index (χ4v) is 4.44. The van der Waals surface area contributed by atoms with Crippen LogP contribution in [0.15, 0.2) is 54.6 Å². The third-order valence-corrected chi connectivity index (χ3v) is 5.97. The lowest BCUT2D eigenvalue weighted by molar-refractivity contribution is -0.135. The Kier molecular flexibility index (Phi) is 5.16. The Morgan fingerprint density at radius 1 is 1.11 bits per heavy atom. The number of hydrogen-bond donors (Lipinski definition) is 0. The number of aromatic nitrogens is 1. The van der Waals surface area contributed by atoms with Crippen LogP contribution < -0.4 is 0 Å². The number of thiazole rings is 1. The van der Waals surface area contributed by atoms with Gasteiger partial charge >= 0.3 is 5.97 Å². The van der Waals surface area contributed by atoms with Crippen molar-refractivity contribution in [2.24, 2.45) is 0 Å². The lowest BCUT2D eigenvalue weighted by Crippen LogP contribution is -2.41. The van der Waals surface area contributed by atoms with Gasteiger partial charge in [-0.2, -0.15) is 0 Å². The molecule has 5 nitrogen and oxygen atoms in total. The number of piperidine rings is 1. The molecule has 1 amide bonds. The van der Waals surface area contributed by atoms with E-state index in [1.165, 1.54) is 4.70 Å². The second kappa shape index (κ2) is 7.88. The van der Waals surface area contributed by atoms with Gasteiger partial charge in [0.15, 0.2) is 6.61 Å². The maximum Gasteiger partial charge on any atom is 0.338 e. The molecule has 3 aromatic rings. The van der Waals surface area contributed by atoms with Crippen LogP contribution >= 0.6 is 11.3 Å². The highest BCUT2D eigenvalue weighted by Crippen LogP contribution is 2.32. The molecule has 0 aliphatic carbocycles. The molecule has 1 fully saturated rings. The Morgan fingerprint density at radius 2 is 1.89 bits per heavy atom. The van der Waals surface area contributed by atoms with Crippen molar-refractivity contribution in [1.82, 2.24) is 9.88 Å². The van der Waals surface area contributed by atoms with E-state index in [-0.39, 0.29) is 18.4 Å². The van der Waals surface area contributed by atoms with Crippen LogP contribution in [0.4, 0.5) is 0 Å². The summed E-state index contributed by atoms with van der Waals surface area (Å²) in [4.78, 5) is 31.1. The van der Waals surface area contributed by atoms with Crippen LogP contribution in [0.5, 0.6) is 0 Å². The Hall–Kier alpha value is -2.73. The van der Waals surface area contributed by atoms with Gasteiger partial charge in [-0.15, -0.1) is 11.3 Å². The van der Waals surface area contributed by atoms with Crippen LogP contribution in [0.2, 0.25) is 0 Å². The molecule has 4 rings (SSSR count). The number of carbonyl (C=O) groups excluding carboxylic acids is 2. The van der Waals surface area contributed by atoms with Crippen LogP contribution in [0.1, 0.15) is 34.1 Å². The molecule has 2 aromatic carbocycles. The SMILES string of the molecule is O=C(OCC(=O)N1CCC[C@@H](c2nc3ccccc3s2)C1)c1ccccc1. The van der Waals surface area contributed by atoms with Crippen LogP contribution in [-0.2, 0) is 9.53 Å². The van der Waals surface area contributed by atoms with E-state index in [9.17, 15) is 9.59 Å². The summed E-state index contributed by atoms with van der Waals surface area (Å²) in [6, 6.07) is 16.8. The van der Waals surface area contributed by atoms with Crippen molar-refractivity contribution in [3.05, 3.63) is 65.2 Å². The van der Waals surface area contributed by atoms with Gasteiger partial charge in [0, 0.05) is 19.0 Å². The number of esters is 1. The summed E-state index contributed by atoms with van der Waals surface area (Å²) in [6.45, 7) is 1.10. The van der Waals surface area contributed by atoms with Gasteiger partial charge in [0.05, 0.1) is 20.8 Å². The summed E-state index contributed by atoms with van der Waals surface area (Å²) in [6.07, 6.45) is 1.95. The summed E-state index contributed by atoms with van der Waals surface area (Å²) in [5.74, 6) is -0.376. The second-order valence-electron chi connectivity index (χ2n) is 6.64.